The van der Waals surface area contributed by atoms with E-state index < -0.39 is 0 Å². The van der Waals surface area contributed by atoms with Gasteiger partial charge in [0, 0.05) is 22.5 Å². The van der Waals surface area contributed by atoms with Crippen molar-refractivity contribution in [3.8, 4) is 11.5 Å². The molecule has 3 nitrogen and oxygen atoms in total. The van der Waals surface area contributed by atoms with E-state index in [4.69, 9.17) is 9.47 Å². The Morgan fingerprint density at radius 3 is 2.62 bits per heavy atom. The molecule has 0 aromatic heterocycles. The zero-order valence-electron chi connectivity index (χ0n) is 12.1. The third-order valence-corrected chi connectivity index (χ3v) is 4.40. The summed E-state index contributed by atoms with van der Waals surface area (Å²) in [5.74, 6) is 1.80. The fourth-order valence-electron chi connectivity index (χ4n) is 2.74. The van der Waals surface area contributed by atoms with Crippen LogP contribution in [0.1, 0.15) is 29.7 Å². The van der Waals surface area contributed by atoms with Gasteiger partial charge in [-0.1, -0.05) is 34.1 Å². The second-order valence-electron chi connectivity index (χ2n) is 5.14. The standard InChI is InChI=1S/C17H18BrNO2/c1-19-15-10-16(11-3-6-13(20-2)7-4-11)21-17-9-12(18)5-8-14(15)17/h3-9,15-16,19H,10H2,1-2H3. The molecule has 1 N–H and O–H groups in total. The Labute approximate surface area is 133 Å². The second kappa shape index (κ2) is 6.08. The summed E-state index contributed by atoms with van der Waals surface area (Å²) in [6, 6.07) is 14.6. The van der Waals surface area contributed by atoms with Gasteiger partial charge in [0.2, 0.25) is 0 Å². The van der Waals surface area contributed by atoms with E-state index in [0.29, 0.717) is 6.04 Å². The van der Waals surface area contributed by atoms with Crippen LogP contribution in [0.3, 0.4) is 0 Å². The van der Waals surface area contributed by atoms with Crippen LogP contribution in [0.4, 0.5) is 0 Å². The maximum atomic E-state index is 6.19. The van der Waals surface area contributed by atoms with Crippen molar-refractivity contribution in [2.45, 2.75) is 18.6 Å². The van der Waals surface area contributed by atoms with Crippen LogP contribution in [0.25, 0.3) is 0 Å². The van der Waals surface area contributed by atoms with Gasteiger partial charge in [0.15, 0.2) is 0 Å². The normalized spacial score (nSPS) is 20.5. The highest BCUT2D eigenvalue weighted by Gasteiger charge is 2.28. The van der Waals surface area contributed by atoms with E-state index in [-0.39, 0.29) is 6.10 Å². The Bertz CT molecular complexity index is 627. The van der Waals surface area contributed by atoms with Crippen molar-refractivity contribution in [3.63, 3.8) is 0 Å². The first-order valence-corrected chi connectivity index (χ1v) is 7.78. The van der Waals surface area contributed by atoms with Crippen LogP contribution in [0.2, 0.25) is 0 Å². The van der Waals surface area contributed by atoms with Crippen LogP contribution in [0.15, 0.2) is 46.9 Å². The first-order valence-electron chi connectivity index (χ1n) is 6.98. The zero-order chi connectivity index (χ0) is 14.8. The summed E-state index contributed by atoms with van der Waals surface area (Å²) in [5.41, 5.74) is 2.38. The van der Waals surface area contributed by atoms with E-state index in [0.717, 1.165) is 22.4 Å². The molecule has 21 heavy (non-hydrogen) atoms. The van der Waals surface area contributed by atoms with Crippen LogP contribution < -0.4 is 14.8 Å². The Kier molecular flexibility index (Phi) is 4.17. The van der Waals surface area contributed by atoms with Crippen LogP contribution in [0, 0.1) is 0 Å². The predicted octanol–water partition coefficient (Wildman–Crippen LogP) is 4.24. The van der Waals surface area contributed by atoms with Gasteiger partial charge in [-0.15, -0.1) is 0 Å². The first kappa shape index (κ1) is 14.4. The number of hydrogen-bond acceptors (Lipinski definition) is 3. The highest BCUT2D eigenvalue weighted by Crippen LogP contribution is 2.41. The summed E-state index contributed by atoms with van der Waals surface area (Å²) in [6.07, 6.45) is 0.965. The predicted molar refractivity (Wildman–Crippen MR) is 86.9 cm³/mol. The molecule has 0 amide bonds. The van der Waals surface area contributed by atoms with Crippen molar-refractivity contribution in [1.82, 2.24) is 5.32 Å². The molecule has 0 saturated carbocycles. The van der Waals surface area contributed by atoms with Crippen molar-refractivity contribution >= 4 is 15.9 Å². The highest BCUT2D eigenvalue weighted by molar-refractivity contribution is 9.10. The number of ether oxygens (including phenoxy) is 2. The molecule has 0 saturated heterocycles. The number of rotatable bonds is 3. The van der Waals surface area contributed by atoms with Crippen LogP contribution in [-0.2, 0) is 0 Å². The molecule has 2 unspecified atom stereocenters. The molecule has 0 radical (unpaired) electrons. The van der Waals surface area contributed by atoms with Gasteiger partial charge in [-0.2, -0.15) is 0 Å². The van der Waals surface area contributed by atoms with Crippen molar-refractivity contribution < 1.29 is 9.47 Å². The summed E-state index contributed by atoms with van der Waals surface area (Å²) in [6.45, 7) is 0. The molecule has 0 spiro atoms. The molecule has 1 aliphatic heterocycles. The minimum atomic E-state index is 0.0511. The number of halogens is 1. The van der Waals surface area contributed by atoms with E-state index >= 15 is 0 Å². The third kappa shape index (κ3) is 2.92. The van der Waals surface area contributed by atoms with Gasteiger partial charge >= 0.3 is 0 Å². The maximum absolute atomic E-state index is 6.19. The second-order valence-corrected chi connectivity index (χ2v) is 6.05. The zero-order valence-corrected chi connectivity index (χ0v) is 13.7. The number of hydrogen-bond donors (Lipinski definition) is 1. The molecule has 2 atom stereocenters. The summed E-state index contributed by atoms with van der Waals surface area (Å²) >= 11 is 3.51. The van der Waals surface area contributed by atoms with Gasteiger partial charge in [0.25, 0.3) is 0 Å². The molecule has 110 valence electrons. The van der Waals surface area contributed by atoms with Crippen LogP contribution in [0.5, 0.6) is 11.5 Å². The molecular formula is C17H18BrNO2. The lowest BCUT2D eigenvalue weighted by atomic mass is 9.93. The smallest absolute Gasteiger partial charge is 0.126 e. The van der Waals surface area contributed by atoms with Crippen molar-refractivity contribution in [2.75, 3.05) is 14.2 Å². The fourth-order valence-corrected chi connectivity index (χ4v) is 3.08. The largest absolute Gasteiger partial charge is 0.497 e. The average molecular weight is 348 g/mol. The lowest BCUT2D eigenvalue weighted by Gasteiger charge is -2.32. The summed E-state index contributed by atoms with van der Waals surface area (Å²) in [4.78, 5) is 0. The molecule has 2 aromatic carbocycles. The van der Waals surface area contributed by atoms with Crippen LogP contribution >= 0.6 is 15.9 Å². The third-order valence-electron chi connectivity index (χ3n) is 3.91. The molecule has 0 bridgehead atoms. The Morgan fingerprint density at radius 2 is 1.95 bits per heavy atom. The van der Waals surface area contributed by atoms with Crippen molar-refractivity contribution in [1.29, 1.82) is 0 Å². The lowest BCUT2D eigenvalue weighted by molar-refractivity contribution is 0.153. The minimum absolute atomic E-state index is 0.0511. The van der Waals surface area contributed by atoms with Crippen molar-refractivity contribution in [3.05, 3.63) is 58.1 Å². The van der Waals surface area contributed by atoms with E-state index in [1.165, 1.54) is 11.1 Å². The van der Waals surface area contributed by atoms with E-state index in [1.807, 2.05) is 25.2 Å². The van der Waals surface area contributed by atoms with Crippen molar-refractivity contribution in [2.24, 2.45) is 0 Å². The molecule has 1 heterocycles. The highest BCUT2D eigenvalue weighted by atomic mass is 79.9. The average Bonchev–Trinajstić information content (AvgIpc) is 2.53. The van der Waals surface area contributed by atoms with Gasteiger partial charge in [-0.3, -0.25) is 0 Å². The minimum Gasteiger partial charge on any atom is -0.497 e. The van der Waals surface area contributed by atoms with E-state index in [1.54, 1.807) is 7.11 Å². The van der Waals surface area contributed by atoms with Gasteiger partial charge in [0.1, 0.15) is 17.6 Å². The molecule has 0 aliphatic carbocycles. The molecule has 0 fully saturated rings. The summed E-state index contributed by atoms with van der Waals surface area (Å²) in [7, 11) is 3.67. The maximum Gasteiger partial charge on any atom is 0.126 e. The topological polar surface area (TPSA) is 30.5 Å². The Hall–Kier alpha value is -1.52. The SMILES string of the molecule is CNC1CC(c2ccc(OC)cc2)Oc2cc(Br)ccc21. The summed E-state index contributed by atoms with van der Waals surface area (Å²) < 4.78 is 12.4. The monoisotopic (exact) mass is 347 g/mol. The van der Waals surface area contributed by atoms with E-state index in [9.17, 15) is 0 Å². The van der Waals surface area contributed by atoms with Gasteiger partial charge in [-0.25, -0.2) is 0 Å². The van der Waals surface area contributed by atoms with Crippen LogP contribution in [-0.4, -0.2) is 14.2 Å². The molecule has 3 rings (SSSR count). The van der Waals surface area contributed by atoms with E-state index in [2.05, 4.69) is 45.5 Å². The number of benzene rings is 2. The first-order chi connectivity index (χ1) is 10.2. The molecular weight excluding hydrogens is 330 g/mol. The lowest BCUT2D eigenvalue weighted by Crippen LogP contribution is -2.26. The number of methoxy groups -OCH3 is 1. The Morgan fingerprint density at radius 1 is 1.19 bits per heavy atom. The van der Waals surface area contributed by atoms with Gasteiger partial charge in [0.05, 0.1) is 7.11 Å². The molecule has 1 aliphatic rings. The number of nitrogens with one attached hydrogen (secondary N) is 1. The molecule has 4 heteroatoms. The quantitative estimate of drug-likeness (QED) is 0.900. The Balaban J connectivity index is 1.91. The summed E-state index contributed by atoms with van der Waals surface area (Å²) in [5, 5.41) is 3.38. The fraction of sp³-hybridized carbons (Fsp3) is 0.294. The molecule has 2 aromatic rings. The number of fused-ring (bicyclic) bond motifs is 1. The van der Waals surface area contributed by atoms with Gasteiger partial charge < -0.3 is 14.8 Å². The van der Waals surface area contributed by atoms with Gasteiger partial charge in [-0.05, 0) is 36.9 Å².